The Morgan fingerprint density at radius 1 is 1.50 bits per heavy atom. The molecule has 0 unspecified atom stereocenters. The molecule has 1 aromatic rings. The van der Waals surface area contributed by atoms with Crippen molar-refractivity contribution in [3.63, 3.8) is 0 Å². The molecular weight excluding hydrogens is 268 g/mol. The molecule has 86 valence electrons. The van der Waals surface area contributed by atoms with E-state index in [4.69, 9.17) is 0 Å². The van der Waals surface area contributed by atoms with Crippen LogP contribution in [0.25, 0.3) is 0 Å². The standard InChI is InChI=1S/C12H15BrN2O/c1-15(9-5-2-3-6-9)12(16)10-7-4-8-14-11(10)13/h4,7-9H,2-3,5-6H2,1H3. The van der Waals surface area contributed by atoms with Gasteiger partial charge in [0.15, 0.2) is 0 Å². The van der Waals surface area contributed by atoms with Crippen molar-refractivity contribution in [2.75, 3.05) is 7.05 Å². The SMILES string of the molecule is CN(C(=O)c1cccnc1Br)C1CCCC1. The summed E-state index contributed by atoms with van der Waals surface area (Å²) >= 11 is 3.32. The van der Waals surface area contributed by atoms with Crippen molar-refractivity contribution in [3.8, 4) is 0 Å². The molecule has 0 atom stereocenters. The largest absolute Gasteiger partial charge is 0.339 e. The van der Waals surface area contributed by atoms with E-state index in [1.165, 1.54) is 12.8 Å². The molecule has 2 rings (SSSR count). The molecule has 16 heavy (non-hydrogen) atoms. The van der Waals surface area contributed by atoms with Gasteiger partial charge in [0.2, 0.25) is 0 Å². The molecule has 0 spiro atoms. The predicted octanol–water partition coefficient (Wildman–Crippen LogP) is 2.86. The first-order valence-electron chi connectivity index (χ1n) is 5.58. The van der Waals surface area contributed by atoms with Crippen molar-refractivity contribution >= 4 is 21.8 Å². The molecule has 1 fully saturated rings. The van der Waals surface area contributed by atoms with Crippen LogP contribution in [0.1, 0.15) is 36.0 Å². The number of hydrogen-bond acceptors (Lipinski definition) is 2. The van der Waals surface area contributed by atoms with E-state index in [2.05, 4.69) is 20.9 Å². The van der Waals surface area contributed by atoms with Gasteiger partial charge in [-0.1, -0.05) is 12.8 Å². The second-order valence-electron chi connectivity index (χ2n) is 4.20. The molecule has 1 amide bonds. The Labute approximate surface area is 104 Å². The topological polar surface area (TPSA) is 33.2 Å². The highest BCUT2D eigenvalue weighted by Gasteiger charge is 2.25. The number of pyridine rings is 1. The minimum Gasteiger partial charge on any atom is -0.339 e. The third kappa shape index (κ3) is 2.26. The van der Waals surface area contributed by atoms with E-state index in [-0.39, 0.29) is 5.91 Å². The Bertz CT molecular complexity index is 388. The van der Waals surface area contributed by atoms with Crippen molar-refractivity contribution in [1.29, 1.82) is 0 Å². The van der Waals surface area contributed by atoms with Crippen LogP contribution in [0.4, 0.5) is 0 Å². The van der Waals surface area contributed by atoms with Crippen LogP contribution in [0.15, 0.2) is 22.9 Å². The van der Waals surface area contributed by atoms with Crippen LogP contribution in [0, 0.1) is 0 Å². The summed E-state index contributed by atoms with van der Waals surface area (Å²) in [6.45, 7) is 0. The minimum absolute atomic E-state index is 0.0619. The van der Waals surface area contributed by atoms with Gasteiger partial charge in [0.1, 0.15) is 4.60 Å². The van der Waals surface area contributed by atoms with E-state index in [0.29, 0.717) is 16.2 Å². The first-order chi connectivity index (χ1) is 7.70. The van der Waals surface area contributed by atoms with Gasteiger partial charge >= 0.3 is 0 Å². The van der Waals surface area contributed by atoms with E-state index in [9.17, 15) is 4.79 Å². The third-order valence-corrected chi connectivity index (χ3v) is 3.81. The molecule has 0 saturated heterocycles. The lowest BCUT2D eigenvalue weighted by atomic mass is 10.2. The van der Waals surface area contributed by atoms with Gasteiger partial charge in [-0.05, 0) is 40.9 Å². The number of aromatic nitrogens is 1. The van der Waals surface area contributed by atoms with Crippen molar-refractivity contribution < 1.29 is 4.79 Å². The van der Waals surface area contributed by atoms with Gasteiger partial charge in [-0.2, -0.15) is 0 Å². The second-order valence-corrected chi connectivity index (χ2v) is 4.95. The van der Waals surface area contributed by atoms with Crippen LogP contribution in [0.2, 0.25) is 0 Å². The summed E-state index contributed by atoms with van der Waals surface area (Å²) in [5, 5.41) is 0. The highest BCUT2D eigenvalue weighted by atomic mass is 79.9. The molecule has 0 radical (unpaired) electrons. The monoisotopic (exact) mass is 282 g/mol. The Morgan fingerprint density at radius 2 is 2.19 bits per heavy atom. The maximum Gasteiger partial charge on any atom is 0.256 e. The van der Waals surface area contributed by atoms with Gasteiger partial charge in [0, 0.05) is 19.3 Å². The van der Waals surface area contributed by atoms with Crippen molar-refractivity contribution in [2.24, 2.45) is 0 Å². The summed E-state index contributed by atoms with van der Waals surface area (Å²) < 4.78 is 0.629. The normalized spacial score (nSPS) is 16.4. The number of carbonyl (C=O) groups is 1. The Morgan fingerprint density at radius 3 is 2.81 bits per heavy atom. The van der Waals surface area contributed by atoms with Crippen molar-refractivity contribution in [3.05, 3.63) is 28.5 Å². The molecule has 1 aliphatic rings. The number of hydrogen-bond donors (Lipinski definition) is 0. The first-order valence-corrected chi connectivity index (χ1v) is 6.37. The number of amides is 1. The molecule has 1 aromatic heterocycles. The number of nitrogens with zero attached hydrogens (tertiary/aromatic N) is 2. The maximum atomic E-state index is 12.2. The Balaban J connectivity index is 2.15. The zero-order chi connectivity index (χ0) is 11.5. The molecule has 0 aliphatic heterocycles. The lowest BCUT2D eigenvalue weighted by molar-refractivity contribution is 0.0733. The van der Waals surface area contributed by atoms with E-state index in [1.54, 1.807) is 12.3 Å². The molecular formula is C12H15BrN2O. The van der Waals surface area contributed by atoms with Crippen LogP contribution >= 0.6 is 15.9 Å². The first kappa shape index (κ1) is 11.6. The zero-order valence-corrected chi connectivity index (χ0v) is 10.9. The molecule has 0 bridgehead atoms. The van der Waals surface area contributed by atoms with Gasteiger partial charge in [-0.25, -0.2) is 4.98 Å². The quantitative estimate of drug-likeness (QED) is 0.782. The highest BCUT2D eigenvalue weighted by molar-refractivity contribution is 9.10. The summed E-state index contributed by atoms with van der Waals surface area (Å²) in [5.74, 6) is 0.0619. The molecule has 4 heteroatoms. The number of carbonyl (C=O) groups excluding carboxylic acids is 1. The molecule has 1 heterocycles. The van der Waals surface area contributed by atoms with E-state index in [0.717, 1.165) is 12.8 Å². The van der Waals surface area contributed by atoms with E-state index in [1.807, 2.05) is 18.0 Å². The molecule has 1 saturated carbocycles. The number of rotatable bonds is 2. The van der Waals surface area contributed by atoms with Crippen LogP contribution in [0.5, 0.6) is 0 Å². The van der Waals surface area contributed by atoms with Crippen LogP contribution in [-0.4, -0.2) is 28.9 Å². The number of halogens is 1. The third-order valence-electron chi connectivity index (χ3n) is 3.18. The maximum absolute atomic E-state index is 12.2. The summed E-state index contributed by atoms with van der Waals surface area (Å²) in [4.78, 5) is 18.1. The summed E-state index contributed by atoms with van der Waals surface area (Å²) in [5.41, 5.74) is 0.650. The van der Waals surface area contributed by atoms with Gasteiger partial charge < -0.3 is 4.90 Å². The molecule has 1 aliphatic carbocycles. The Kier molecular flexibility index (Phi) is 3.59. The van der Waals surface area contributed by atoms with Gasteiger partial charge in [0.05, 0.1) is 5.56 Å². The van der Waals surface area contributed by atoms with Crippen molar-refractivity contribution in [1.82, 2.24) is 9.88 Å². The van der Waals surface area contributed by atoms with E-state index >= 15 is 0 Å². The fourth-order valence-corrected chi connectivity index (χ4v) is 2.61. The lowest BCUT2D eigenvalue weighted by Crippen LogP contribution is -2.35. The average Bonchev–Trinajstić information content (AvgIpc) is 2.81. The van der Waals surface area contributed by atoms with Crippen molar-refractivity contribution in [2.45, 2.75) is 31.7 Å². The minimum atomic E-state index is 0.0619. The van der Waals surface area contributed by atoms with Gasteiger partial charge in [0.25, 0.3) is 5.91 Å². The highest BCUT2D eigenvalue weighted by Crippen LogP contribution is 2.24. The zero-order valence-electron chi connectivity index (χ0n) is 9.32. The molecule has 0 N–H and O–H groups in total. The summed E-state index contributed by atoms with van der Waals surface area (Å²) in [7, 11) is 1.89. The molecule has 0 aromatic carbocycles. The van der Waals surface area contributed by atoms with Gasteiger partial charge in [-0.3, -0.25) is 4.79 Å². The average molecular weight is 283 g/mol. The predicted molar refractivity (Wildman–Crippen MR) is 66.3 cm³/mol. The second kappa shape index (κ2) is 4.95. The molecule has 3 nitrogen and oxygen atoms in total. The van der Waals surface area contributed by atoms with E-state index < -0.39 is 0 Å². The fraction of sp³-hybridized carbons (Fsp3) is 0.500. The summed E-state index contributed by atoms with van der Waals surface area (Å²) in [6, 6.07) is 4.00. The van der Waals surface area contributed by atoms with Gasteiger partial charge in [-0.15, -0.1) is 0 Å². The van der Waals surface area contributed by atoms with Crippen LogP contribution < -0.4 is 0 Å². The van der Waals surface area contributed by atoms with Crippen LogP contribution in [-0.2, 0) is 0 Å². The summed E-state index contributed by atoms with van der Waals surface area (Å²) in [6.07, 6.45) is 6.39. The smallest absolute Gasteiger partial charge is 0.256 e. The Hall–Kier alpha value is -0.900. The van der Waals surface area contributed by atoms with Crippen LogP contribution in [0.3, 0.4) is 0 Å². The fourth-order valence-electron chi connectivity index (χ4n) is 2.19. The lowest BCUT2D eigenvalue weighted by Gasteiger charge is -2.24.